The van der Waals surface area contributed by atoms with E-state index in [4.69, 9.17) is 14.2 Å². The summed E-state index contributed by atoms with van der Waals surface area (Å²) in [6.45, 7) is 6.30. The molecule has 0 aliphatic carbocycles. The van der Waals surface area contributed by atoms with Crippen LogP contribution in [0.2, 0.25) is 0 Å². The lowest BCUT2D eigenvalue weighted by Crippen LogP contribution is -2.30. The molecule has 1 atom stereocenters. The van der Waals surface area contributed by atoms with Crippen LogP contribution in [0.15, 0.2) is 146 Å². The molecule has 0 fully saturated rings. The largest absolute Gasteiger partial charge is 0.462 e. The van der Waals surface area contributed by atoms with Gasteiger partial charge in [0.05, 0.1) is 0 Å². The number of ether oxygens (including phenoxy) is 3. The zero-order valence-electron chi connectivity index (χ0n) is 45.4. The molecule has 0 aliphatic rings. The highest BCUT2D eigenvalue weighted by atomic mass is 16.6. The van der Waals surface area contributed by atoms with Crippen molar-refractivity contribution in [3.05, 3.63) is 146 Å². The lowest BCUT2D eigenvalue weighted by molar-refractivity contribution is -0.167. The Hall–Kier alpha value is -4.71. The second-order valence-electron chi connectivity index (χ2n) is 18.3. The van der Waals surface area contributed by atoms with Gasteiger partial charge in [0.1, 0.15) is 13.2 Å². The van der Waals surface area contributed by atoms with Gasteiger partial charge < -0.3 is 14.2 Å². The van der Waals surface area contributed by atoms with E-state index in [-0.39, 0.29) is 31.1 Å². The van der Waals surface area contributed by atoms with E-state index in [1.807, 2.05) is 72.9 Å². The van der Waals surface area contributed by atoms with E-state index in [1.165, 1.54) is 77.0 Å². The minimum Gasteiger partial charge on any atom is -0.462 e. The van der Waals surface area contributed by atoms with E-state index < -0.39 is 6.10 Å². The third-order valence-corrected chi connectivity index (χ3v) is 11.5. The molecule has 0 radical (unpaired) electrons. The standard InChI is InChI=1S/C65H102O6/c1-4-7-10-13-16-19-22-25-28-30-32-34-37-40-43-46-49-52-55-58-64(67)70-61-62(60-69-63(66)57-54-51-48-45-42-39-36-27-24-21-18-15-12-9-6-3)71-65(68)59-56-53-50-47-44-41-38-35-33-31-29-26-23-20-17-14-11-8-5-2/h7-8,10-11,13,16-17,19-22,24-26,28-30,32-35,37,40,43,62H,4-6,9,12,14-15,18,23,27,31,36,38-39,41-42,44-61H2,1-3H3/b10-7-,11-8-,16-13-,20-17-,22-19-,24-21-,28-25-,29-26-,32-30+,35-33-,37-34-,43-40-. The van der Waals surface area contributed by atoms with Gasteiger partial charge in [-0.25, -0.2) is 0 Å². The van der Waals surface area contributed by atoms with E-state index in [9.17, 15) is 14.4 Å². The molecule has 0 heterocycles. The van der Waals surface area contributed by atoms with Crippen LogP contribution in [0.1, 0.15) is 226 Å². The first-order valence-corrected chi connectivity index (χ1v) is 28.4. The maximum atomic E-state index is 12.9. The van der Waals surface area contributed by atoms with Crippen LogP contribution in [0.5, 0.6) is 0 Å². The summed E-state index contributed by atoms with van der Waals surface area (Å²) < 4.78 is 16.8. The molecule has 0 aromatic carbocycles. The molecule has 6 nitrogen and oxygen atoms in total. The summed E-state index contributed by atoms with van der Waals surface area (Å²) in [5.41, 5.74) is 0. The van der Waals surface area contributed by atoms with Crippen molar-refractivity contribution < 1.29 is 28.6 Å². The zero-order valence-corrected chi connectivity index (χ0v) is 45.4. The molecule has 0 bridgehead atoms. The average molecular weight is 980 g/mol. The van der Waals surface area contributed by atoms with Crippen LogP contribution in [-0.4, -0.2) is 37.2 Å². The van der Waals surface area contributed by atoms with E-state index >= 15 is 0 Å². The molecule has 1 unspecified atom stereocenters. The Morgan fingerprint density at radius 3 is 1.06 bits per heavy atom. The highest BCUT2D eigenvalue weighted by molar-refractivity contribution is 5.71. The second-order valence-corrected chi connectivity index (χ2v) is 18.3. The summed E-state index contributed by atoms with van der Waals surface area (Å²) in [5, 5.41) is 0. The van der Waals surface area contributed by atoms with E-state index in [2.05, 4.69) is 93.7 Å². The molecule has 0 saturated carbocycles. The number of rotatable bonds is 49. The van der Waals surface area contributed by atoms with Gasteiger partial charge in [-0.1, -0.05) is 250 Å². The first kappa shape index (κ1) is 66.3. The molecule has 0 spiro atoms. The van der Waals surface area contributed by atoms with Crippen LogP contribution in [-0.2, 0) is 28.6 Å². The molecule has 0 amide bonds. The maximum absolute atomic E-state index is 12.9. The van der Waals surface area contributed by atoms with Crippen LogP contribution >= 0.6 is 0 Å². The quantitative estimate of drug-likeness (QED) is 0.0199. The van der Waals surface area contributed by atoms with Crippen LogP contribution in [0, 0.1) is 0 Å². The van der Waals surface area contributed by atoms with Crippen molar-refractivity contribution in [2.45, 2.75) is 232 Å². The normalized spacial score (nSPS) is 13.2. The molecule has 0 N–H and O–H groups in total. The molecule has 0 saturated heterocycles. The molecule has 0 rings (SSSR count). The number of carbonyl (C=O) groups excluding carboxylic acids is 3. The summed E-state index contributed by atoms with van der Waals surface area (Å²) in [6.07, 6.45) is 82.5. The average Bonchev–Trinajstić information content (AvgIpc) is 3.37. The van der Waals surface area contributed by atoms with Crippen molar-refractivity contribution in [1.29, 1.82) is 0 Å². The Bertz CT molecular complexity index is 1590. The van der Waals surface area contributed by atoms with Crippen molar-refractivity contribution in [3.8, 4) is 0 Å². The van der Waals surface area contributed by atoms with Gasteiger partial charge in [0.2, 0.25) is 0 Å². The van der Waals surface area contributed by atoms with Crippen LogP contribution in [0.25, 0.3) is 0 Å². The highest BCUT2D eigenvalue weighted by Crippen LogP contribution is 2.14. The highest BCUT2D eigenvalue weighted by Gasteiger charge is 2.19. The summed E-state index contributed by atoms with van der Waals surface area (Å²) in [6, 6.07) is 0. The first-order valence-electron chi connectivity index (χ1n) is 28.4. The number of hydrogen-bond donors (Lipinski definition) is 0. The SMILES string of the molecule is CC\C=C/C=C\C=C/C=C\C=C\C=C/C=C\CCCCCC(=O)OCC(COC(=O)CCCCCCCCC/C=C\CCCCCC)OC(=O)CCCCCCCC/C=C\C/C=C\C/C=C\C/C=C\CC. The molecule has 6 heteroatoms. The fourth-order valence-electron chi connectivity index (χ4n) is 7.29. The topological polar surface area (TPSA) is 78.9 Å². The van der Waals surface area contributed by atoms with Crippen molar-refractivity contribution in [3.63, 3.8) is 0 Å². The summed E-state index contributed by atoms with van der Waals surface area (Å²) >= 11 is 0. The van der Waals surface area contributed by atoms with Gasteiger partial charge in [0, 0.05) is 19.3 Å². The maximum Gasteiger partial charge on any atom is 0.306 e. The Labute approximate surface area is 436 Å². The molecular weight excluding hydrogens is 877 g/mol. The number of esters is 3. The van der Waals surface area contributed by atoms with Crippen molar-refractivity contribution in [2.75, 3.05) is 13.2 Å². The van der Waals surface area contributed by atoms with Gasteiger partial charge in [-0.05, 0) is 103 Å². The Balaban J connectivity index is 4.55. The number of hydrogen-bond acceptors (Lipinski definition) is 6. The minimum absolute atomic E-state index is 0.107. The summed E-state index contributed by atoms with van der Waals surface area (Å²) in [7, 11) is 0. The van der Waals surface area contributed by atoms with Crippen molar-refractivity contribution in [1.82, 2.24) is 0 Å². The van der Waals surface area contributed by atoms with Gasteiger partial charge >= 0.3 is 17.9 Å². The number of unbranched alkanes of at least 4 members (excludes halogenated alkanes) is 20. The van der Waals surface area contributed by atoms with Crippen molar-refractivity contribution in [2.24, 2.45) is 0 Å². The first-order chi connectivity index (χ1) is 35.0. The molecule has 71 heavy (non-hydrogen) atoms. The lowest BCUT2D eigenvalue weighted by Gasteiger charge is -2.18. The van der Waals surface area contributed by atoms with Gasteiger partial charge in [-0.3, -0.25) is 14.4 Å². The molecular formula is C65H102O6. The van der Waals surface area contributed by atoms with Crippen molar-refractivity contribution >= 4 is 17.9 Å². The molecule has 398 valence electrons. The summed E-state index contributed by atoms with van der Waals surface area (Å²) in [4.78, 5) is 38.2. The predicted molar refractivity (Wildman–Crippen MR) is 306 cm³/mol. The second kappa shape index (κ2) is 57.9. The lowest BCUT2D eigenvalue weighted by atomic mass is 10.1. The van der Waals surface area contributed by atoms with E-state index in [1.54, 1.807) is 0 Å². The third-order valence-electron chi connectivity index (χ3n) is 11.5. The van der Waals surface area contributed by atoms with Gasteiger partial charge in [-0.2, -0.15) is 0 Å². The Morgan fingerprint density at radius 1 is 0.310 bits per heavy atom. The van der Waals surface area contributed by atoms with E-state index in [0.717, 1.165) is 109 Å². The third kappa shape index (κ3) is 56.1. The molecule has 0 aliphatic heterocycles. The minimum atomic E-state index is -0.814. The van der Waals surface area contributed by atoms with Gasteiger partial charge in [-0.15, -0.1) is 0 Å². The fourth-order valence-corrected chi connectivity index (χ4v) is 7.29. The zero-order chi connectivity index (χ0) is 51.4. The monoisotopic (exact) mass is 979 g/mol. The van der Waals surface area contributed by atoms with Crippen LogP contribution < -0.4 is 0 Å². The fraction of sp³-hybridized carbons (Fsp3) is 0.585. The van der Waals surface area contributed by atoms with Gasteiger partial charge in [0.25, 0.3) is 0 Å². The number of carbonyl (C=O) groups is 3. The van der Waals surface area contributed by atoms with Gasteiger partial charge in [0.15, 0.2) is 6.10 Å². The Kier molecular flexibility index (Phi) is 54.0. The molecule has 0 aromatic rings. The predicted octanol–water partition coefficient (Wildman–Crippen LogP) is 19.2. The smallest absolute Gasteiger partial charge is 0.306 e. The molecule has 0 aromatic heterocycles. The van der Waals surface area contributed by atoms with Crippen LogP contribution in [0.4, 0.5) is 0 Å². The summed E-state index contributed by atoms with van der Waals surface area (Å²) in [5.74, 6) is -0.978. The number of allylic oxidation sites excluding steroid dienone is 24. The van der Waals surface area contributed by atoms with Crippen LogP contribution in [0.3, 0.4) is 0 Å². The van der Waals surface area contributed by atoms with E-state index in [0.29, 0.717) is 19.3 Å². The Morgan fingerprint density at radius 2 is 0.620 bits per heavy atom.